The number of rotatable bonds is 2. The van der Waals surface area contributed by atoms with Crippen LogP contribution >= 0.6 is 0 Å². The van der Waals surface area contributed by atoms with Gasteiger partial charge in [0, 0.05) is 5.69 Å². The molecule has 2 heteroatoms. The summed E-state index contributed by atoms with van der Waals surface area (Å²) < 4.78 is 0. The number of anilines is 1. The highest BCUT2D eigenvalue weighted by molar-refractivity contribution is 6.41. The Morgan fingerprint density at radius 2 is 1.33 bits per heavy atom. The lowest BCUT2D eigenvalue weighted by molar-refractivity contribution is 1.04. The Balaban J connectivity index is 0.000000170. The molecule has 0 aliphatic rings. The molecule has 5 aromatic rings. The first-order valence-electron chi connectivity index (χ1n) is 10.8. The van der Waals surface area contributed by atoms with Crippen molar-refractivity contribution < 1.29 is 0 Å². The molecule has 0 amide bonds. The zero-order chi connectivity index (χ0) is 21.1. The SMILES string of the molecule is Bc1cccc2ccc3cc4ccccc4cc3c12.CCc1cccc(N)c1CC. The quantitative estimate of drug-likeness (QED) is 0.176. The van der Waals surface area contributed by atoms with E-state index < -0.39 is 0 Å². The molecular formula is C28H28BN. The van der Waals surface area contributed by atoms with Gasteiger partial charge in [0.15, 0.2) is 0 Å². The number of nitrogen functional groups attached to an aromatic ring is 1. The van der Waals surface area contributed by atoms with Crippen molar-refractivity contribution in [1.82, 2.24) is 0 Å². The van der Waals surface area contributed by atoms with E-state index in [4.69, 9.17) is 5.73 Å². The first kappa shape index (κ1) is 20.0. The van der Waals surface area contributed by atoms with Crippen LogP contribution < -0.4 is 11.2 Å². The molecule has 5 rings (SSSR count). The molecule has 5 aromatic carbocycles. The highest BCUT2D eigenvalue weighted by Gasteiger charge is 2.04. The van der Waals surface area contributed by atoms with E-state index >= 15 is 0 Å². The average Bonchev–Trinajstić information content (AvgIpc) is 2.78. The molecule has 0 aliphatic carbocycles. The predicted octanol–water partition coefficient (Wildman–Crippen LogP) is 5.80. The van der Waals surface area contributed by atoms with Crippen molar-refractivity contribution in [2.75, 3.05) is 5.73 Å². The summed E-state index contributed by atoms with van der Waals surface area (Å²) in [6, 6.07) is 30.3. The van der Waals surface area contributed by atoms with Gasteiger partial charge in [-0.3, -0.25) is 0 Å². The zero-order valence-electron chi connectivity index (χ0n) is 18.1. The van der Waals surface area contributed by atoms with Crippen LogP contribution in [0, 0.1) is 0 Å². The molecule has 0 radical (unpaired) electrons. The summed E-state index contributed by atoms with van der Waals surface area (Å²) in [7, 11) is 2.19. The molecule has 0 atom stereocenters. The first-order chi connectivity index (χ1) is 14.6. The summed E-state index contributed by atoms with van der Waals surface area (Å²) in [5.74, 6) is 0. The Hall–Kier alpha value is -3.26. The fourth-order valence-corrected chi connectivity index (χ4v) is 4.41. The normalized spacial score (nSPS) is 10.9. The highest BCUT2D eigenvalue weighted by atomic mass is 14.6. The third-order valence-electron chi connectivity index (χ3n) is 5.98. The van der Waals surface area contributed by atoms with Gasteiger partial charge in [-0.2, -0.15) is 0 Å². The molecule has 0 spiro atoms. The van der Waals surface area contributed by atoms with Crippen LogP contribution in [0.15, 0.2) is 84.9 Å². The maximum Gasteiger partial charge on any atom is 0.140 e. The first-order valence-corrected chi connectivity index (χ1v) is 10.8. The van der Waals surface area contributed by atoms with E-state index in [1.807, 2.05) is 12.1 Å². The van der Waals surface area contributed by atoms with E-state index in [1.54, 1.807) is 0 Å². The fraction of sp³-hybridized carbons (Fsp3) is 0.143. The number of aryl methyl sites for hydroxylation is 1. The van der Waals surface area contributed by atoms with Crippen molar-refractivity contribution in [3.8, 4) is 0 Å². The van der Waals surface area contributed by atoms with Gasteiger partial charge in [-0.05, 0) is 74.5 Å². The van der Waals surface area contributed by atoms with E-state index in [2.05, 4.69) is 94.5 Å². The maximum absolute atomic E-state index is 5.81. The van der Waals surface area contributed by atoms with Crippen LogP contribution in [0.1, 0.15) is 25.0 Å². The third-order valence-corrected chi connectivity index (χ3v) is 5.98. The summed E-state index contributed by atoms with van der Waals surface area (Å²) in [6.07, 6.45) is 2.12. The van der Waals surface area contributed by atoms with Crippen LogP contribution in [-0.2, 0) is 12.8 Å². The molecule has 0 aromatic heterocycles. The van der Waals surface area contributed by atoms with Crippen molar-refractivity contribution in [1.29, 1.82) is 0 Å². The van der Waals surface area contributed by atoms with Gasteiger partial charge in [0.2, 0.25) is 0 Å². The summed E-state index contributed by atoms with van der Waals surface area (Å²) in [5, 5.41) is 8.00. The molecule has 0 aliphatic heterocycles. The molecule has 0 saturated heterocycles. The molecule has 148 valence electrons. The molecule has 2 N–H and O–H groups in total. The summed E-state index contributed by atoms with van der Waals surface area (Å²) >= 11 is 0. The molecule has 0 heterocycles. The van der Waals surface area contributed by atoms with Gasteiger partial charge in [-0.15, -0.1) is 0 Å². The van der Waals surface area contributed by atoms with Gasteiger partial charge in [-0.1, -0.05) is 86.0 Å². The number of hydrogen-bond acceptors (Lipinski definition) is 1. The maximum atomic E-state index is 5.81. The second kappa shape index (κ2) is 8.63. The van der Waals surface area contributed by atoms with Gasteiger partial charge < -0.3 is 5.73 Å². The molecule has 0 unspecified atom stereocenters. The zero-order valence-corrected chi connectivity index (χ0v) is 18.1. The van der Waals surface area contributed by atoms with Gasteiger partial charge in [0.1, 0.15) is 7.85 Å². The fourth-order valence-electron chi connectivity index (χ4n) is 4.41. The lowest BCUT2D eigenvalue weighted by Gasteiger charge is -2.08. The third kappa shape index (κ3) is 3.78. The number of hydrogen-bond donors (Lipinski definition) is 1. The van der Waals surface area contributed by atoms with Crippen molar-refractivity contribution >= 4 is 51.3 Å². The van der Waals surface area contributed by atoms with Crippen molar-refractivity contribution in [3.63, 3.8) is 0 Å². The van der Waals surface area contributed by atoms with Crippen LogP contribution in [0.25, 0.3) is 32.3 Å². The summed E-state index contributed by atoms with van der Waals surface area (Å²) in [6.45, 7) is 4.30. The van der Waals surface area contributed by atoms with Crippen LogP contribution in [0.4, 0.5) is 5.69 Å². The molecule has 1 nitrogen and oxygen atoms in total. The highest BCUT2D eigenvalue weighted by Crippen LogP contribution is 2.28. The van der Waals surface area contributed by atoms with E-state index in [9.17, 15) is 0 Å². The Morgan fingerprint density at radius 3 is 2.03 bits per heavy atom. The van der Waals surface area contributed by atoms with Gasteiger partial charge in [0.25, 0.3) is 0 Å². The minimum absolute atomic E-state index is 0.937. The largest absolute Gasteiger partial charge is 0.398 e. The minimum Gasteiger partial charge on any atom is -0.398 e. The summed E-state index contributed by atoms with van der Waals surface area (Å²) in [5.41, 5.74) is 10.8. The topological polar surface area (TPSA) is 26.0 Å². The Bertz CT molecular complexity index is 1340. The Kier molecular flexibility index (Phi) is 5.76. The molecular weight excluding hydrogens is 361 g/mol. The lowest BCUT2D eigenvalue weighted by Crippen LogP contribution is -2.03. The standard InChI is InChI=1S/C18H13B.C10H15N/c19-17-7-3-6-12-8-9-15-10-13-4-1-2-5-14(13)11-16(15)18(12)17;1-3-8-6-5-7-10(11)9(8)4-2/h1-11H,19H2;5-7H,3-4,11H2,1-2H3. The number of benzene rings is 5. The Labute approximate surface area is 179 Å². The van der Waals surface area contributed by atoms with Crippen LogP contribution in [0.5, 0.6) is 0 Å². The molecule has 0 saturated carbocycles. The van der Waals surface area contributed by atoms with Gasteiger partial charge >= 0.3 is 0 Å². The van der Waals surface area contributed by atoms with Crippen LogP contribution in [0.3, 0.4) is 0 Å². The molecule has 30 heavy (non-hydrogen) atoms. The lowest BCUT2D eigenvalue weighted by atomic mass is 9.87. The number of nitrogens with two attached hydrogens (primary N) is 1. The van der Waals surface area contributed by atoms with Crippen molar-refractivity contribution in [2.45, 2.75) is 26.7 Å². The van der Waals surface area contributed by atoms with Gasteiger partial charge in [0.05, 0.1) is 0 Å². The Morgan fingerprint density at radius 1 is 0.667 bits per heavy atom. The second-order valence-electron chi connectivity index (χ2n) is 7.85. The average molecular weight is 389 g/mol. The molecule has 0 fully saturated rings. The van der Waals surface area contributed by atoms with Crippen LogP contribution in [-0.4, -0.2) is 7.85 Å². The van der Waals surface area contributed by atoms with E-state index in [0.717, 1.165) is 18.5 Å². The van der Waals surface area contributed by atoms with Gasteiger partial charge in [-0.25, -0.2) is 0 Å². The molecule has 0 bridgehead atoms. The smallest absolute Gasteiger partial charge is 0.140 e. The van der Waals surface area contributed by atoms with E-state index in [1.165, 1.54) is 48.9 Å². The summed E-state index contributed by atoms with van der Waals surface area (Å²) in [4.78, 5) is 0. The minimum atomic E-state index is 0.937. The van der Waals surface area contributed by atoms with E-state index in [-0.39, 0.29) is 0 Å². The predicted molar refractivity (Wildman–Crippen MR) is 137 cm³/mol. The van der Waals surface area contributed by atoms with Crippen molar-refractivity contribution in [2.24, 2.45) is 0 Å². The van der Waals surface area contributed by atoms with Crippen molar-refractivity contribution in [3.05, 3.63) is 96.1 Å². The second-order valence-corrected chi connectivity index (χ2v) is 7.85. The van der Waals surface area contributed by atoms with E-state index in [0.29, 0.717) is 0 Å². The van der Waals surface area contributed by atoms with Crippen LogP contribution in [0.2, 0.25) is 0 Å². The monoisotopic (exact) mass is 389 g/mol. The number of fused-ring (bicyclic) bond motifs is 4.